The van der Waals surface area contributed by atoms with Gasteiger partial charge in [0.2, 0.25) is 5.91 Å². The molecule has 0 saturated carbocycles. The van der Waals surface area contributed by atoms with E-state index >= 15 is 0 Å². The van der Waals surface area contributed by atoms with E-state index in [0.29, 0.717) is 18.0 Å². The van der Waals surface area contributed by atoms with E-state index in [4.69, 9.17) is 9.47 Å². The van der Waals surface area contributed by atoms with Crippen molar-refractivity contribution in [2.75, 3.05) is 20.0 Å². The van der Waals surface area contributed by atoms with Crippen LogP contribution in [-0.2, 0) is 27.9 Å². The highest BCUT2D eigenvalue weighted by Gasteiger charge is 2.10. The minimum absolute atomic E-state index is 0.0354. The maximum atomic E-state index is 12.1. The molecule has 5 nitrogen and oxygen atoms in total. The fourth-order valence-electron chi connectivity index (χ4n) is 2.24. The smallest absolute Gasteiger partial charge is 0.232 e. The average Bonchev–Trinajstić information content (AvgIpc) is 2.60. The van der Waals surface area contributed by atoms with Crippen molar-refractivity contribution in [3.8, 4) is 11.5 Å². The number of rotatable bonds is 8. The summed E-state index contributed by atoms with van der Waals surface area (Å²) in [7, 11) is 1.90. The Balaban J connectivity index is 1.84. The van der Waals surface area contributed by atoms with Crippen molar-refractivity contribution >= 4 is 16.7 Å². The van der Waals surface area contributed by atoms with Gasteiger partial charge in [-0.3, -0.25) is 9.00 Å². The molecule has 1 N–H and O–H groups in total. The number of hydrogen-bond donors (Lipinski definition) is 1. The summed E-state index contributed by atoms with van der Waals surface area (Å²) in [5.41, 5.74) is 1.76. The molecule has 0 spiro atoms. The van der Waals surface area contributed by atoms with Crippen molar-refractivity contribution < 1.29 is 18.5 Å². The van der Waals surface area contributed by atoms with Crippen LogP contribution in [-0.4, -0.2) is 30.1 Å². The minimum atomic E-state index is -1.28. The SMILES string of the molecule is COc1cccc(C[S@@](=O)CC(=O)NCc2ccccc2OC)c1. The fraction of sp³-hybridized carbons (Fsp3) is 0.278. The highest BCUT2D eigenvalue weighted by molar-refractivity contribution is 7.84. The predicted octanol–water partition coefficient (Wildman–Crippen LogP) is 2.27. The van der Waals surface area contributed by atoms with E-state index in [1.54, 1.807) is 14.2 Å². The summed E-state index contributed by atoms with van der Waals surface area (Å²) in [5, 5.41) is 2.78. The van der Waals surface area contributed by atoms with E-state index in [2.05, 4.69) is 5.32 Å². The van der Waals surface area contributed by atoms with Crippen molar-refractivity contribution in [1.82, 2.24) is 5.32 Å². The first-order valence-electron chi connectivity index (χ1n) is 7.49. The van der Waals surface area contributed by atoms with Crippen LogP contribution in [0.3, 0.4) is 0 Å². The van der Waals surface area contributed by atoms with Crippen molar-refractivity contribution in [1.29, 1.82) is 0 Å². The number of nitrogens with one attached hydrogen (secondary N) is 1. The Morgan fingerprint density at radius 3 is 2.62 bits per heavy atom. The van der Waals surface area contributed by atoms with E-state index in [-0.39, 0.29) is 11.7 Å². The number of amides is 1. The van der Waals surface area contributed by atoms with Crippen LogP contribution in [0.5, 0.6) is 11.5 Å². The number of carbonyl (C=O) groups is 1. The number of hydrogen-bond acceptors (Lipinski definition) is 4. The molecular formula is C18H21NO4S. The summed E-state index contributed by atoms with van der Waals surface area (Å²) in [6.45, 7) is 0.346. The summed E-state index contributed by atoms with van der Waals surface area (Å²) in [6.07, 6.45) is 0. The van der Waals surface area contributed by atoms with Crippen molar-refractivity contribution in [3.05, 3.63) is 59.7 Å². The molecule has 0 aliphatic carbocycles. The monoisotopic (exact) mass is 347 g/mol. The van der Waals surface area contributed by atoms with Crippen LogP contribution in [0.2, 0.25) is 0 Å². The van der Waals surface area contributed by atoms with Crippen molar-refractivity contribution in [2.24, 2.45) is 0 Å². The number of ether oxygens (including phenoxy) is 2. The molecule has 1 amide bonds. The molecule has 0 unspecified atom stereocenters. The second kappa shape index (κ2) is 9.08. The van der Waals surface area contributed by atoms with Gasteiger partial charge >= 0.3 is 0 Å². The minimum Gasteiger partial charge on any atom is -0.497 e. The largest absolute Gasteiger partial charge is 0.497 e. The third-order valence-electron chi connectivity index (χ3n) is 3.42. The molecule has 0 heterocycles. The lowest BCUT2D eigenvalue weighted by Gasteiger charge is -2.09. The van der Waals surface area contributed by atoms with Crippen molar-refractivity contribution in [3.63, 3.8) is 0 Å². The Hall–Kier alpha value is -2.34. The van der Waals surface area contributed by atoms with Gasteiger partial charge in [0.15, 0.2) is 0 Å². The Labute approximate surface area is 144 Å². The highest BCUT2D eigenvalue weighted by atomic mass is 32.2. The fourth-order valence-corrected chi connectivity index (χ4v) is 3.29. The molecule has 0 fully saturated rings. The third-order valence-corrected chi connectivity index (χ3v) is 4.66. The molecule has 0 aliphatic rings. The maximum Gasteiger partial charge on any atom is 0.232 e. The average molecular weight is 347 g/mol. The Kier molecular flexibility index (Phi) is 6.81. The van der Waals surface area contributed by atoms with Crippen LogP contribution >= 0.6 is 0 Å². The van der Waals surface area contributed by atoms with Crippen molar-refractivity contribution in [2.45, 2.75) is 12.3 Å². The number of para-hydroxylation sites is 1. The number of benzene rings is 2. The summed E-state index contributed by atoms with van der Waals surface area (Å²) in [6, 6.07) is 14.8. The Bertz CT molecular complexity index is 718. The van der Waals surface area contributed by atoms with Crippen LogP contribution in [0.1, 0.15) is 11.1 Å². The molecule has 24 heavy (non-hydrogen) atoms. The van der Waals surface area contributed by atoms with Crippen LogP contribution in [0.25, 0.3) is 0 Å². The highest BCUT2D eigenvalue weighted by Crippen LogP contribution is 2.17. The zero-order chi connectivity index (χ0) is 17.4. The van der Waals surface area contributed by atoms with Gasteiger partial charge in [0.25, 0.3) is 0 Å². The quantitative estimate of drug-likeness (QED) is 0.796. The van der Waals surface area contributed by atoms with Gasteiger partial charge in [-0.2, -0.15) is 0 Å². The first-order valence-corrected chi connectivity index (χ1v) is 8.97. The molecule has 0 radical (unpaired) electrons. The first-order chi connectivity index (χ1) is 11.6. The van der Waals surface area contributed by atoms with E-state index < -0.39 is 10.8 Å². The molecular weight excluding hydrogens is 326 g/mol. The van der Waals surface area contributed by atoms with E-state index in [0.717, 1.165) is 16.9 Å². The molecule has 6 heteroatoms. The number of carbonyl (C=O) groups excluding carboxylic acids is 1. The van der Waals surface area contributed by atoms with Gasteiger partial charge < -0.3 is 14.8 Å². The van der Waals surface area contributed by atoms with Gasteiger partial charge in [0.05, 0.1) is 14.2 Å². The molecule has 128 valence electrons. The maximum absolute atomic E-state index is 12.1. The van der Waals surface area contributed by atoms with Gasteiger partial charge in [0, 0.05) is 28.7 Å². The van der Waals surface area contributed by atoms with Gasteiger partial charge in [-0.05, 0) is 23.8 Å². The summed E-state index contributed by atoms with van der Waals surface area (Å²) < 4.78 is 22.5. The van der Waals surface area contributed by atoms with E-state index in [9.17, 15) is 9.00 Å². The van der Waals surface area contributed by atoms with Gasteiger partial charge in [-0.1, -0.05) is 30.3 Å². The second-order valence-electron chi connectivity index (χ2n) is 5.17. The predicted molar refractivity (Wildman–Crippen MR) is 94.5 cm³/mol. The van der Waals surface area contributed by atoms with Gasteiger partial charge in [-0.15, -0.1) is 0 Å². The Morgan fingerprint density at radius 1 is 1.08 bits per heavy atom. The molecule has 2 aromatic rings. The van der Waals surface area contributed by atoms with E-state index in [1.165, 1.54) is 0 Å². The van der Waals surface area contributed by atoms with Crippen LogP contribution in [0, 0.1) is 0 Å². The molecule has 1 atom stereocenters. The summed E-state index contributed by atoms with van der Waals surface area (Å²) in [4.78, 5) is 12.0. The molecule has 2 rings (SSSR count). The van der Waals surface area contributed by atoms with Gasteiger partial charge in [-0.25, -0.2) is 0 Å². The van der Waals surface area contributed by atoms with E-state index in [1.807, 2.05) is 48.5 Å². The van der Waals surface area contributed by atoms with Crippen LogP contribution in [0.4, 0.5) is 0 Å². The molecule has 0 saturated heterocycles. The topological polar surface area (TPSA) is 64.6 Å². The zero-order valence-corrected chi connectivity index (χ0v) is 14.6. The lowest BCUT2D eigenvalue weighted by molar-refractivity contribution is -0.118. The normalized spacial score (nSPS) is 11.6. The van der Waals surface area contributed by atoms with Crippen LogP contribution < -0.4 is 14.8 Å². The Morgan fingerprint density at radius 2 is 1.88 bits per heavy atom. The first kappa shape index (κ1) is 18.0. The summed E-state index contributed by atoms with van der Waals surface area (Å²) >= 11 is 0. The lowest BCUT2D eigenvalue weighted by Crippen LogP contribution is -2.28. The molecule has 0 aromatic heterocycles. The zero-order valence-electron chi connectivity index (χ0n) is 13.8. The number of methoxy groups -OCH3 is 2. The van der Waals surface area contributed by atoms with Gasteiger partial charge in [0.1, 0.15) is 17.3 Å². The third kappa shape index (κ3) is 5.38. The summed E-state index contributed by atoms with van der Waals surface area (Å²) in [5.74, 6) is 1.47. The standard InChI is InChI=1S/C18H21NO4S/c1-22-16-8-5-6-14(10-16)12-24(21)13-18(20)19-11-15-7-3-4-9-17(15)23-2/h3-10H,11-13H2,1-2H3,(H,19,20)/t24-/m1/s1. The second-order valence-corrected chi connectivity index (χ2v) is 6.63. The molecule has 0 aliphatic heterocycles. The lowest BCUT2D eigenvalue weighted by atomic mass is 10.2. The molecule has 0 bridgehead atoms. The molecule has 2 aromatic carbocycles. The van der Waals surface area contributed by atoms with Crippen LogP contribution in [0.15, 0.2) is 48.5 Å².